The smallest absolute Gasteiger partial charge is 0.133 e. The first-order chi connectivity index (χ1) is 6.97. The Morgan fingerprint density at radius 3 is 2.73 bits per heavy atom. The normalized spacial score (nSPS) is 12.2. The van der Waals surface area contributed by atoms with E-state index < -0.39 is 5.60 Å². The van der Waals surface area contributed by atoms with Crippen LogP contribution in [0.25, 0.3) is 10.1 Å². The molecule has 1 heterocycles. The predicted molar refractivity (Wildman–Crippen MR) is 63.5 cm³/mol. The van der Waals surface area contributed by atoms with Gasteiger partial charge in [0.15, 0.2) is 0 Å². The summed E-state index contributed by atoms with van der Waals surface area (Å²) in [5.41, 5.74) is 0.387. The average Bonchev–Trinajstić information content (AvgIpc) is 2.48. The van der Waals surface area contributed by atoms with Crippen LogP contribution in [0.4, 0.5) is 0 Å². The van der Waals surface area contributed by atoms with Crippen LogP contribution in [-0.4, -0.2) is 15.8 Å². The van der Waals surface area contributed by atoms with E-state index in [0.717, 1.165) is 15.6 Å². The fourth-order valence-corrected chi connectivity index (χ4v) is 2.68. The van der Waals surface area contributed by atoms with Crippen LogP contribution in [0, 0.1) is 0 Å². The number of phenols is 1. The van der Waals surface area contributed by atoms with Gasteiger partial charge in [0.2, 0.25) is 0 Å². The molecule has 2 nitrogen and oxygen atoms in total. The summed E-state index contributed by atoms with van der Waals surface area (Å²) >= 11 is 1.52. The molecule has 0 aliphatic rings. The summed E-state index contributed by atoms with van der Waals surface area (Å²) < 4.78 is 0.900. The maximum atomic E-state index is 9.76. The lowest BCUT2D eigenvalue weighted by Gasteiger charge is -2.16. The van der Waals surface area contributed by atoms with Crippen LogP contribution in [-0.2, 0) is 6.42 Å². The van der Waals surface area contributed by atoms with Crippen LogP contribution in [0.15, 0.2) is 23.6 Å². The third-order valence-electron chi connectivity index (χ3n) is 2.28. The second-order valence-corrected chi connectivity index (χ2v) is 5.28. The van der Waals surface area contributed by atoms with Gasteiger partial charge in [-0.05, 0) is 36.2 Å². The van der Waals surface area contributed by atoms with Gasteiger partial charge >= 0.3 is 0 Å². The number of aromatic hydroxyl groups is 1. The largest absolute Gasteiger partial charge is 0.506 e. The fraction of sp³-hybridized carbons (Fsp3) is 0.333. The van der Waals surface area contributed by atoms with E-state index in [1.165, 1.54) is 11.3 Å². The van der Waals surface area contributed by atoms with E-state index in [2.05, 4.69) is 0 Å². The summed E-state index contributed by atoms with van der Waals surface area (Å²) in [5.74, 6) is 0.319. The van der Waals surface area contributed by atoms with Crippen LogP contribution in [0.2, 0.25) is 0 Å². The molecule has 0 aliphatic carbocycles. The SMILES string of the molecule is CC(C)(O)Cc1csc2c(O)cccc12. The van der Waals surface area contributed by atoms with Crippen LogP contribution in [0.1, 0.15) is 19.4 Å². The van der Waals surface area contributed by atoms with Crippen molar-refractivity contribution in [3.63, 3.8) is 0 Å². The van der Waals surface area contributed by atoms with Gasteiger partial charge in [0.05, 0.1) is 10.3 Å². The monoisotopic (exact) mass is 222 g/mol. The second kappa shape index (κ2) is 3.51. The van der Waals surface area contributed by atoms with Gasteiger partial charge in [-0.15, -0.1) is 11.3 Å². The third kappa shape index (κ3) is 2.13. The topological polar surface area (TPSA) is 40.5 Å². The highest BCUT2D eigenvalue weighted by Crippen LogP contribution is 2.34. The molecule has 2 rings (SSSR count). The van der Waals surface area contributed by atoms with Crippen molar-refractivity contribution in [1.82, 2.24) is 0 Å². The van der Waals surface area contributed by atoms with Gasteiger partial charge in [0.1, 0.15) is 5.75 Å². The Bertz CT molecular complexity index is 480. The van der Waals surface area contributed by atoms with E-state index in [0.29, 0.717) is 12.2 Å². The number of benzene rings is 1. The molecule has 3 heteroatoms. The van der Waals surface area contributed by atoms with Crippen molar-refractivity contribution in [3.8, 4) is 5.75 Å². The van der Waals surface area contributed by atoms with E-state index in [9.17, 15) is 10.2 Å². The van der Waals surface area contributed by atoms with Gasteiger partial charge in [0.25, 0.3) is 0 Å². The Morgan fingerprint density at radius 1 is 1.33 bits per heavy atom. The zero-order valence-electron chi connectivity index (χ0n) is 8.82. The van der Waals surface area contributed by atoms with Crippen molar-refractivity contribution >= 4 is 21.4 Å². The van der Waals surface area contributed by atoms with Crippen LogP contribution in [0.5, 0.6) is 5.75 Å². The van der Waals surface area contributed by atoms with Crippen molar-refractivity contribution < 1.29 is 10.2 Å². The number of aliphatic hydroxyl groups is 1. The first kappa shape index (κ1) is 10.5. The molecule has 0 saturated heterocycles. The van der Waals surface area contributed by atoms with Gasteiger partial charge in [-0.25, -0.2) is 0 Å². The lowest BCUT2D eigenvalue weighted by atomic mass is 9.98. The molecule has 15 heavy (non-hydrogen) atoms. The maximum Gasteiger partial charge on any atom is 0.133 e. The third-order valence-corrected chi connectivity index (χ3v) is 3.35. The first-order valence-corrected chi connectivity index (χ1v) is 5.76. The first-order valence-electron chi connectivity index (χ1n) is 4.88. The number of phenolic OH excluding ortho intramolecular Hbond substituents is 1. The van der Waals surface area contributed by atoms with Crippen molar-refractivity contribution in [1.29, 1.82) is 0 Å². The molecule has 0 aliphatic heterocycles. The quantitative estimate of drug-likeness (QED) is 0.820. The van der Waals surface area contributed by atoms with Gasteiger partial charge in [-0.3, -0.25) is 0 Å². The molecule has 0 spiro atoms. The second-order valence-electron chi connectivity index (χ2n) is 4.40. The highest BCUT2D eigenvalue weighted by Gasteiger charge is 2.16. The Hall–Kier alpha value is -1.06. The average molecular weight is 222 g/mol. The summed E-state index contributed by atoms with van der Waals surface area (Å²) in [7, 11) is 0. The van der Waals surface area contributed by atoms with Gasteiger partial charge in [-0.1, -0.05) is 12.1 Å². The molecule has 0 fully saturated rings. The Balaban J connectivity index is 2.50. The molecular formula is C12H14O2S. The van der Waals surface area contributed by atoms with Crippen molar-refractivity contribution in [2.45, 2.75) is 25.9 Å². The Kier molecular flexibility index (Phi) is 2.44. The Morgan fingerprint density at radius 2 is 2.07 bits per heavy atom. The van der Waals surface area contributed by atoms with Gasteiger partial charge < -0.3 is 10.2 Å². The summed E-state index contributed by atoms with van der Waals surface area (Å²) in [6.45, 7) is 3.58. The van der Waals surface area contributed by atoms with Crippen molar-refractivity contribution in [2.75, 3.05) is 0 Å². The molecule has 1 aromatic heterocycles. The maximum absolute atomic E-state index is 9.76. The number of fused-ring (bicyclic) bond motifs is 1. The summed E-state index contributed by atoms with van der Waals surface area (Å²) in [5, 5.41) is 22.4. The lowest BCUT2D eigenvalue weighted by molar-refractivity contribution is 0.0814. The number of hydrogen-bond acceptors (Lipinski definition) is 3. The number of hydrogen-bond donors (Lipinski definition) is 2. The minimum atomic E-state index is -0.709. The minimum absolute atomic E-state index is 0.319. The van der Waals surface area contributed by atoms with Gasteiger partial charge in [0, 0.05) is 6.42 Å². The minimum Gasteiger partial charge on any atom is -0.506 e. The molecule has 0 atom stereocenters. The highest BCUT2D eigenvalue weighted by molar-refractivity contribution is 7.17. The number of rotatable bonds is 2. The molecular weight excluding hydrogens is 208 g/mol. The van der Waals surface area contributed by atoms with Crippen LogP contribution >= 0.6 is 11.3 Å². The summed E-state index contributed by atoms with van der Waals surface area (Å²) in [6, 6.07) is 5.50. The lowest BCUT2D eigenvalue weighted by Crippen LogP contribution is -2.21. The van der Waals surface area contributed by atoms with E-state index in [1.807, 2.05) is 17.5 Å². The van der Waals surface area contributed by atoms with E-state index in [4.69, 9.17) is 0 Å². The molecule has 2 aromatic rings. The molecule has 0 bridgehead atoms. The van der Waals surface area contributed by atoms with Crippen molar-refractivity contribution in [3.05, 3.63) is 29.1 Å². The zero-order chi connectivity index (χ0) is 11.1. The molecule has 1 aromatic carbocycles. The molecule has 0 radical (unpaired) electrons. The Labute approximate surface area is 92.8 Å². The molecule has 0 amide bonds. The van der Waals surface area contributed by atoms with E-state index in [1.54, 1.807) is 19.9 Å². The van der Waals surface area contributed by atoms with Crippen LogP contribution in [0.3, 0.4) is 0 Å². The predicted octanol–water partition coefficient (Wildman–Crippen LogP) is 2.92. The molecule has 2 N–H and O–H groups in total. The fourth-order valence-electron chi connectivity index (χ4n) is 1.70. The van der Waals surface area contributed by atoms with E-state index in [-0.39, 0.29) is 0 Å². The molecule has 0 saturated carbocycles. The van der Waals surface area contributed by atoms with Crippen molar-refractivity contribution in [2.24, 2.45) is 0 Å². The molecule has 80 valence electrons. The summed E-state index contributed by atoms with van der Waals surface area (Å²) in [6.07, 6.45) is 0.608. The number of thiophene rings is 1. The highest BCUT2D eigenvalue weighted by atomic mass is 32.1. The van der Waals surface area contributed by atoms with Crippen LogP contribution < -0.4 is 0 Å². The van der Waals surface area contributed by atoms with E-state index >= 15 is 0 Å². The van der Waals surface area contributed by atoms with Gasteiger partial charge in [-0.2, -0.15) is 0 Å². The zero-order valence-corrected chi connectivity index (χ0v) is 9.64. The summed E-state index contributed by atoms with van der Waals surface area (Å²) in [4.78, 5) is 0. The molecule has 0 unspecified atom stereocenters. The standard InChI is InChI=1S/C12H14O2S/c1-12(2,14)6-8-7-15-11-9(8)4-3-5-10(11)13/h3-5,7,13-14H,6H2,1-2H3.